The van der Waals surface area contributed by atoms with Crippen molar-refractivity contribution in [2.75, 3.05) is 19.6 Å². The molecule has 0 spiro atoms. The van der Waals surface area contributed by atoms with Crippen LogP contribution in [0.15, 0.2) is 0 Å². The van der Waals surface area contributed by atoms with Crippen molar-refractivity contribution in [2.24, 2.45) is 0 Å². The quantitative estimate of drug-likeness (QED) is 0.393. The summed E-state index contributed by atoms with van der Waals surface area (Å²) in [5, 5.41) is 5.83. The van der Waals surface area contributed by atoms with E-state index in [4.69, 9.17) is 0 Å². The van der Waals surface area contributed by atoms with Gasteiger partial charge >= 0.3 is 0 Å². The van der Waals surface area contributed by atoms with Gasteiger partial charge in [-0.1, -0.05) is 6.92 Å². The summed E-state index contributed by atoms with van der Waals surface area (Å²) in [6, 6.07) is 0. The van der Waals surface area contributed by atoms with E-state index in [-0.39, 0.29) is 0 Å². The van der Waals surface area contributed by atoms with Gasteiger partial charge in [0.15, 0.2) is 0 Å². The molecule has 0 atom stereocenters. The average Bonchev–Trinajstić information content (AvgIpc) is 1.97. The van der Waals surface area contributed by atoms with Crippen molar-refractivity contribution in [3.05, 3.63) is 0 Å². The molecule has 0 aromatic carbocycles. The first-order valence-corrected chi connectivity index (χ1v) is 3.79. The molecule has 0 aliphatic heterocycles. The van der Waals surface area contributed by atoms with Crippen LogP contribution in [0.4, 0.5) is 0 Å². The molecule has 60 valence electrons. The fourth-order valence-electron chi connectivity index (χ4n) is 0.713. The van der Waals surface area contributed by atoms with Gasteiger partial charge in [-0.2, -0.15) is 0 Å². The molecule has 0 radical (unpaired) electrons. The molecular weight excluding hydrogens is 128 g/mol. The van der Waals surface area contributed by atoms with Crippen molar-refractivity contribution in [2.45, 2.75) is 19.8 Å². The minimum Gasteiger partial charge on any atom is -0.359 e. The lowest BCUT2D eigenvalue weighted by atomic mass is 10.3. The van der Waals surface area contributed by atoms with E-state index in [1.807, 2.05) is 0 Å². The molecule has 0 unspecified atom stereocenters. The van der Waals surface area contributed by atoms with Gasteiger partial charge < -0.3 is 10.6 Å². The van der Waals surface area contributed by atoms with Crippen LogP contribution in [0.2, 0.25) is 0 Å². The fourth-order valence-corrected chi connectivity index (χ4v) is 0.713. The normalized spacial score (nSPS) is 9.30. The zero-order valence-electron chi connectivity index (χ0n) is 6.52. The smallest absolute Gasteiger partial charge is 0.207 e. The summed E-state index contributed by atoms with van der Waals surface area (Å²) < 4.78 is 0. The van der Waals surface area contributed by atoms with Crippen molar-refractivity contribution in [3.8, 4) is 0 Å². The van der Waals surface area contributed by atoms with Crippen molar-refractivity contribution < 1.29 is 4.79 Å². The maximum absolute atomic E-state index is 9.77. The molecule has 0 heterocycles. The Labute approximate surface area is 62.2 Å². The second-order valence-corrected chi connectivity index (χ2v) is 2.13. The number of amides is 1. The van der Waals surface area contributed by atoms with E-state index in [2.05, 4.69) is 17.6 Å². The highest BCUT2D eigenvalue weighted by Gasteiger charge is 1.85. The van der Waals surface area contributed by atoms with E-state index < -0.39 is 0 Å². The number of hydrogen-bond acceptors (Lipinski definition) is 2. The van der Waals surface area contributed by atoms with Gasteiger partial charge in [0, 0.05) is 6.54 Å². The first-order valence-electron chi connectivity index (χ1n) is 3.79. The minimum absolute atomic E-state index is 0.743. The lowest BCUT2D eigenvalue weighted by Crippen LogP contribution is -2.17. The van der Waals surface area contributed by atoms with Crippen LogP contribution in [0.5, 0.6) is 0 Å². The van der Waals surface area contributed by atoms with E-state index >= 15 is 0 Å². The average molecular weight is 144 g/mol. The summed E-state index contributed by atoms with van der Waals surface area (Å²) in [6.45, 7) is 4.97. The maximum atomic E-state index is 9.77. The van der Waals surface area contributed by atoms with Crippen LogP contribution in [0.25, 0.3) is 0 Å². The highest BCUT2D eigenvalue weighted by atomic mass is 16.1. The van der Waals surface area contributed by atoms with E-state index in [9.17, 15) is 4.79 Å². The molecule has 0 bridgehead atoms. The molecule has 0 saturated heterocycles. The number of hydrogen-bond donors (Lipinski definition) is 2. The Balaban J connectivity index is 2.70. The maximum Gasteiger partial charge on any atom is 0.207 e. The predicted octanol–water partition coefficient (Wildman–Crippen LogP) is 0.122. The third kappa shape index (κ3) is 7.43. The molecule has 0 rings (SSSR count). The number of carbonyl (C=O) groups excluding carboxylic acids is 1. The SMILES string of the molecule is CCNCCCCNC=O. The summed E-state index contributed by atoms with van der Waals surface area (Å²) >= 11 is 0. The van der Waals surface area contributed by atoms with Gasteiger partial charge in [-0.05, 0) is 25.9 Å². The van der Waals surface area contributed by atoms with Gasteiger partial charge in [0.1, 0.15) is 0 Å². The number of carbonyl (C=O) groups is 1. The Morgan fingerprint density at radius 3 is 2.60 bits per heavy atom. The second kappa shape index (κ2) is 8.43. The third-order valence-corrected chi connectivity index (χ3v) is 1.26. The third-order valence-electron chi connectivity index (χ3n) is 1.26. The summed E-state index contributed by atoms with van der Waals surface area (Å²) in [6.07, 6.45) is 2.94. The van der Waals surface area contributed by atoms with Crippen LogP contribution >= 0.6 is 0 Å². The van der Waals surface area contributed by atoms with Crippen molar-refractivity contribution in [3.63, 3.8) is 0 Å². The van der Waals surface area contributed by atoms with Gasteiger partial charge in [-0.15, -0.1) is 0 Å². The number of unbranched alkanes of at least 4 members (excludes halogenated alkanes) is 1. The van der Waals surface area contributed by atoms with Gasteiger partial charge in [-0.3, -0.25) is 4.79 Å². The molecule has 10 heavy (non-hydrogen) atoms. The molecule has 0 saturated carbocycles. The van der Waals surface area contributed by atoms with Crippen LogP contribution in [0, 0.1) is 0 Å². The zero-order chi connectivity index (χ0) is 7.66. The van der Waals surface area contributed by atoms with Crippen LogP contribution in [0.3, 0.4) is 0 Å². The summed E-state index contributed by atoms with van der Waals surface area (Å²) in [5.41, 5.74) is 0. The minimum atomic E-state index is 0.743. The van der Waals surface area contributed by atoms with E-state index in [1.54, 1.807) is 0 Å². The number of rotatable bonds is 7. The summed E-state index contributed by atoms with van der Waals surface area (Å²) in [7, 11) is 0. The Hall–Kier alpha value is -0.570. The first kappa shape index (κ1) is 9.43. The summed E-state index contributed by atoms with van der Waals surface area (Å²) in [4.78, 5) is 9.77. The van der Waals surface area contributed by atoms with Crippen LogP contribution in [-0.2, 0) is 4.79 Å². The second-order valence-electron chi connectivity index (χ2n) is 2.13. The lowest BCUT2D eigenvalue weighted by molar-refractivity contribution is -0.109. The van der Waals surface area contributed by atoms with Crippen LogP contribution in [0.1, 0.15) is 19.8 Å². The highest BCUT2D eigenvalue weighted by Crippen LogP contribution is 1.82. The Bertz CT molecular complexity index is 76.0. The van der Waals surface area contributed by atoms with E-state index in [0.717, 1.165) is 38.9 Å². The van der Waals surface area contributed by atoms with Crippen molar-refractivity contribution in [1.82, 2.24) is 10.6 Å². The lowest BCUT2D eigenvalue weighted by Gasteiger charge is -1.99. The molecule has 0 aliphatic carbocycles. The molecular formula is C7H16N2O. The van der Waals surface area contributed by atoms with Gasteiger partial charge in [-0.25, -0.2) is 0 Å². The van der Waals surface area contributed by atoms with E-state index in [0.29, 0.717) is 0 Å². The summed E-state index contributed by atoms with van der Waals surface area (Å²) in [5.74, 6) is 0. The Kier molecular flexibility index (Phi) is 7.95. The van der Waals surface area contributed by atoms with Crippen molar-refractivity contribution in [1.29, 1.82) is 0 Å². The molecule has 0 aromatic rings. The van der Waals surface area contributed by atoms with Gasteiger partial charge in [0.05, 0.1) is 0 Å². The monoisotopic (exact) mass is 144 g/mol. The highest BCUT2D eigenvalue weighted by molar-refractivity contribution is 5.45. The molecule has 1 amide bonds. The van der Waals surface area contributed by atoms with Gasteiger partial charge in [0.2, 0.25) is 6.41 Å². The largest absolute Gasteiger partial charge is 0.359 e. The van der Waals surface area contributed by atoms with Gasteiger partial charge in [0.25, 0.3) is 0 Å². The zero-order valence-corrected chi connectivity index (χ0v) is 6.52. The first-order chi connectivity index (χ1) is 4.91. The molecule has 0 fully saturated rings. The van der Waals surface area contributed by atoms with Crippen LogP contribution < -0.4 is 10.6 Å². The Morgan fingerprint density at radius 1 is 1.30 bits per heavy atom. The topological polar surface area (TPSA) is 41.1 Å². The van der Waals surface area contributed by atoms with Crippen LogP contribution in [-0.4, -0.2) is 26.0 Å². The molecule has 2 N–H and O–H groups in total. The molecule has 3 heteroatoms. The standard InChI is InChI=1S/C7H16N2O/c1-2-8-5-3-4-6-9-7-10/h7-8H,2-6H2,1H3,(H,9,10). The molecule has 3 nitrogen and oxygen atoms in total. The Morgan fingerprint density at radius 2 is 2.00 bits per heavy atom. The molecule has 0 aromatic heterocycles. The molecule has 0 aliphatic rings. The van der Waals surface area contributed by atoms with E-state index in [1.165, 1.54) is 0 Å². The number of nitrogens with one attached hydrogen (secondary N) is 2. The van der Waals surface area contributed by atoms with Crippen molar-refractivity contribution >= 4 is 6.41 Å². The fraction of sp³-hybridized carbons (Fsp3) is 0.857. The predicted molar refractivity (Wildman–Crippen MR) is 41.8 cm³/mol.